The normalized spacial score (nSPS) is 18.9. The molecular weight excluding hydrogens is 278 g/mol. The SMILES string of the molecule is O=[N+]([O-])c1ccc(-c2csc(C3CNCCO3)n2)cc1. The van der Waals surface area contributed by atoms with Gasteiger partial charge in [0.25, 0.3) is 5.69 Å². The van der Waals surface area contributed by atoms with Crippen molar-refractivity contribution in [2.75, 3.05) is 19.7 Å². The lowest BCUT2D eigenvalue weighted by molar-refractivity contribution is -0.384. The Hall–Kier alpha value is -1.83. The minimum atomic E-state index is -0.405. The summed E-state index contributed by atoms with van der Waals surface area (Å²) in [5, 5.41) is 16.8. The molecule has 1 aliphatic rings. The second-order valence-corrected chi connectivity index (χ2v) is 5.33. The highest BCUT2D eigenvalue weighted by atomic mass is 32.1. The van der Waals surface area contributed by atoms with Gasteiger partial charge in [0.05, 0.1) is 17.2 Å². The van der Waals surface area contributed by atoms with Crippen LogP contribution < -0.4 is 5.32 Å². The summed E-state index contributed by atoms with van der Waals surface area (Å²) in [6.45, 7) is 2.33. The third kappa shape index (κ3) is 2.69. The highest BCUT2D eigenvalue weighted by molar-refractivity contribution is 7.10. The topological polar surface area (TPSA) is 77.3 Å². The van der Waals surface area contributed by atoms with Crippen LogP contribution in [0.3, 0.4) is 0 Å². The molecule has 6 nitrogen and oxygen atoms in total. The van der Waals surface area contributed by atoms with Crippen LogP contribution in [0.1, 0.15) is 11.1 Å². The Morgan fingerprint density at radius 3 is 2.85 bits per heavy atom. The number of nitro benzene ring substituents is 1. The summed E-state index contributed by atoms with van der Waals surface area (Å²) in [6.07, 6.45) is 0.000508. The van der Waals surface area contributed by atoms with E-state index in [-0.39, 0.29) is 11.8 Å². The predicted molar refractivity (Wildman–Crippen MR) is 75.8 cm³/mol. The largest absolute Gasteiger partial charge is 0.368 e. The summed E-state index contributed by atoms with van der Waals surface area (Å²) < 4.78 is 5.66. The van der Waals surface area contributed by atoms with E-state index in [1.807, 2.05) is 5.38 Å². The van der Waals surface area contributed by atoms with Gasteiger partial charge in [0.1, 0.15) is 11.1 Å². The van der Waals surface area contributed by atoms with Gasteiger partial charge in [-0.25, -0.2) is 4.98 Å². The average molecular weight is 291 g/mol. The lowest BCUT2D eigenvalue weighted by Gasteiger charge is -2.21. The minimum Gasteiger partial charge on any atom is -0.368 e. The number of thiazole rings is 1. The predicted octanol–water partition coefficient (Wildman–Crippen LogP) is 2.38. The molecule has 7 heteroatoms. The Bertz CT molecular complexity index is 606. The van der Waals surface area contributed by atoms with E-state index in [9.17, 15) is 10.1 Å². The van der Waals surface area contributed by atoms with Crippen molar-refractivity contribution in [3.05, 3.63) is 44.8 Å². The zero-order valence-electron chi connectivity index (χ0n) is 10.6. The standard InChI is InChI=1S/C13H13N3O3S/c17-16(18)10-3-1-9(2-4-10)11-8-20-13(15-11)12-7-14-5-6-19-12/h1-4,8,12,14H,5-7H2. The molecule has 1 saturated heterocycles. The van der Waals surface area contributed by atoms with E-state index in [1.165, 1.54) is 12.1 Å². The lowest BCUT2D eigenvalue weighted by Crippen LogP contribution is -2.33. The van der Waals surface area contributed by atoms with Gasteiger partial charge in [-0.05, 0) is 12.1 Å². The van der Waals surface area contributed by atoms with Gasteiger partial charge in [0.15, 0.2) is 0 Å². The maximum Gasteiger partial charge on any atom is 0.269 e. The van der Waals surface area contributed by atoms with Crippen molar-refractivity contribution in [2.45, 2.75) is 6.10 Å². The second-order valence-electron chi connectivity index (χ2n) is 4.44. The van der Waals surface area contributed by atoms with Gasteiger partial charge in [0, 0.05) is 36.2 Å². The number of nitrogens with zero attached hydrogens (tertiary/aromatic N) is 2. The van der Waals surface area contributed by atoms with Crippen molar-refractivity contribution >= 4 is 17.0 Å². The van der Waals surface area contributed by atoms with Crippen LogP contribution in [0.4, 0.5) is 5.69 Å². The lowest BCUT2D eigenvalue weighted by atomic mass is 10.1. The number of rotatable bonds is 3. The Kier molecular flexibility index (Phi) is 3.72. The van der Waals surface area contributed by atoms with Crippen molar-refractivity contribution in [1.29, 1.82) is 0 Å². The van der Waals surface area contributed by atoms with E-state index >= 15 is 0 Å². The summed E-state index contributed by atoms with van der Waals surface area (Å²) in [6, 6.07) is 6.42. The fourth-order valence-electron chi connectivity index (χ4n) is 2.05. The van der Waals surface area contributed by atoms with Crippen LogP contribution in [0, 0.1) is 10.1 Å². The van der Waals surface area contributed by atoms with E-state index in [4.69, 9.17) is 4.74 Å². The monoisotopic (exact) mass is 291 g/mol. The molecule has 20 heavy (non-hydrogen) atoms. The molecule has 0 spiro atoms. The number of morpholine rings is 1. The molecule has 2 heterocycles. The summed E-state index contributed by atoms with van der Waals surface area (Å²) in [5.41, 5.74) is 1.79. The molecule has 1 fully saturated rings. The molecule has 0 saturated carbocycles. The summed E-state index contributed by atoms with van der Waals surface area (Å²) in [5.74, 6) is 0. The minimum absolute atomic E-state index is 0.000508. The molecule has 3 rings (SSSR count). The molecule has 1 aliphatic heterocycles. The number of non-ortho nitro benzene ring substituents is 1. The molecule has 0 radical (unpaired) electrons. The molecule has 0 bridgehead atoms. The van der Waals surface area contributed by atoms with Gasteiger partial charge >= 0.3 is 0 Å². The van der Waals surface area contributed by atoms with Crippen molar-refractivity contribution in [1.82, 2.24) is 10.3 Å². The third-order valence-electron chi connectivity index (χ3n) is 3.10. The van der Waals surface area contributed by atoms with Crippen LogP contribution in [-0.2, 0) is 4.74 Å². The first-order valence-corrected chi connectivity index (χ1v) is 7.14. The van der Waals surface area contributed by atoms with Gasteiger partial charge in [-0.2, -0.15) is 0 Å². The Balaban J connectivity index is 1.80. The van der Waals surface area contributed by atoms with E-state index in [2.05, 4.69) is 10.3 Å². The number of benzene rings is 1. The highest BCUT2D eigenvalue weighted by Gasteiger charge is 2.19. The van der Waals surface area contributed by atoms with Gasteiger partial charge in [-0.1, -0.05) is 0 Å². The first kappa shape index (κ1) is 13.2. The van der Waals surface area contributed by atoms with Crippen molar-refractivity contribution in [3.63, 3.8) is 0 Å². The van der Waals surface area contributed by atoms with Gasteiger partial charge in [0.2, 0.25) is 0 Å². The molecule has 1 atom stereocenters. The maximum absolute atomic E-state index is 10.6. The Morgan fingerprint density at radius 1 is 1.40 bits per heavy atom. The van der Waals surface area contributed by atoms with E-state index in [1.54, 1.807) is 23.5 Å². The average Bonchev–Trinajstić information content (AvgIpc) is 2.98. The van der Waals surface area contributed by atoms with E-state index in [0.717, 1.165) is 29.4 Å². The number of ether oxygens (including phenoxy) is 1. The van der Waals surface area contributed by atoms with Crippen LogP contribution in [0.15, 0.2) is 29.6 Å². The molecule has 2 aromatic rings. The van der Waals surface area contributed by atoms with Crippen LogP contribution in [-0.4, -0.2) is 29.6 Å². The molecule has 1 unspecified atom stereocenters. The number of aromatic nitrogens is 1. The maximum atomic E-state index is 10.6. The summed E-state index contributed by atoms with van der Waals surface area (Å²) in [7, 11) is 0. The zero-order chi connectivity index (χ0) is 13.9. The van der Waals surface area contributed by atoms with Gasteiger partial charge < -0.3 is 10.1 Å². The highest BCUT2D eigenvalue weighted by Crippen LogP contribution is 2.28. The first-order valence-electron chi connectivity index (χ1n) is 6.26. The summed E-state index contributed by atoms with van der Waals surface area (Å²) >= 11 is 1.55. The molecule has 104 valence electrons. The quantitative estimate of drug-likeness (QED) is 0.694. The Morgan fingerprint density at radius 2 is 2.20 bits per heavy atom. The fraction of sp³-hybridized carbons (Fsp3) is 0.308. The number of nitrogens with one attached hydrogen (secondary N) is 1. The molecule has 1 aromatic carbocycles. The smallest absolute Gasteiger partial charge is 0.269 e. The molecule has 1 N–H and O–H groups in total. The van der Waals surface area contributed by atoms with Gasteiger partial charge in [-0.15, -0.1) is 11.3 Å². The van der Waals surface area contributed by atoms with E-state index in [0.29, 0.717) is 6.61 Å². The van der Waals surface area contributed by atoms with Crippen molar-refractivity contribution < 1.29 is 9.66 Å². The third-order valence-corrected chi connectivity index (χ3v) is 4.04. The molecule has 0 aliphatic carbocycles. The zero-order valence-corrected chi connectivity index (χ0v) is 11.4. The Labute approximate surface area is 119 Å². The second kappa shape index (κ2) is 5.66. The molecule has 1 aromatic heterocycles. The summed E-state index contributed by atoms with van der Waals surface area (Å²) in [4.78, 5) is 14.8. The number of hydrogen-bond acceptors (Lipinski definition) is 6. The number of hydrogen-bond donors (Lipinski definition) is 1. The number of nitro groups is 1. The molecular formula is C13H13N3O3S. The van der Waals surface area contributed by atoms with E-state index < -0.39 is 4.92 Å². The van der Waals surface area contributed by atoms with Crippen LogP contribution in [0.25, 0.3) is 11.3 Å². The van der Waals surface area contributed by atoms with Crippen LogP contribution >= 0.6 is 11.3 Å². The van der Waals surface area contributed by atoms with Crippen LogP contribution in [0.5, 0.6) is 0 Å². The fourth-order valence-corrected chi connectivity index (χ4v) is 2.92. The molecule has 0 amide bonds. The van der Waals surface area contributed by atoms with Gasteiger partial charge in [-0.3, -0.25) is 10.1 Å². The first-order chi connectivity index (χ1) is 9.74. The van der Waals surface area contributed by atoms with Crippen molar-refractivity contribution in [3.8, 4) is 11.3 Å². The van der Waals surface area contributed by atoms with Crippen molar-refractivity contribution in [2.24, 2.45) is 0 Å². The van der Waals surface area contributed by atoms with Crippen LogP contribution in [0.2, 0.25) is 0 Å².